The summed E-state index contributed by atoms with van der Waals surface area (Å²) < 4.78 is 13.6. The summed E-state index contributed by atoms with van der Waals surface area (Å²) in [5.74, 6) is -0.541. The molecule has 3 heteroatoms. The van der Waals surface area contributed by atoms with Gasteiger partial charge in [0.25, 0.3) is 0 Å². The molecule has 0 radical (unpaired) electrons. The summed E-state index contributed by atoms with van der Waals surface area (Å²) in [6.45, 7) is 0. The Morgan fingerprint density at radius 2 is 2.10 bits per heavy atom. The van der Waals surface area contributed by atoms with Crippen molar-refractivity contribution in [3.8, 4) is 0 Å². The highest BCUT2D eigenvalue weighted by molar-refractivity contribution is 5.95. The summed E-state index contributed by atoms with van der Waals surface area (Å²) in [5, 5.41) is 0. The van der Waals surface area contributed by atoms with Crippen LogP contribution in [0.1, 0.15) is 46.8 Å². The lowest BCUT2D eigenvalue weighted by Crippen LogP contribution is -2.15. The second-order valence-corrected chi connectivity index (χ2v) is 5.25. The predicted octanol–water partition coefficient (Wildman–Crippen LogP) is 3.91. The van der Waals surface area contributed by atoms with Crippen molar-refractivity contribution in [1.82, 2.24) is 4.98 Å². The average Bonchev–Trinajstić information content (AvgIpc) is 2.48. The van der Waals surface area contributed by atoms with E-state index >= 15 is 0 Å². The van der Waals surface area contributed by atoms with E-state index in [0.717, 1.165) is 19.3 Å². The minimum atomic E-state index is -0.526. The summed E-state index contributed by atoms with van der Waals surface area (Å²) in [6.07, 6.45) is 4.94. The molecule has 0 bridgehead atoms. The van der Waals surface area contributed by atoms with Gasteiger partial charge >= 0.3 is 0 Å². The number of nitrogens with zero attached hydrogens (tertiary/aromatic N) is 1. The van der Waals surface area contributed by atoms with Gasteiger partial charge in [-0.25, -0.2) is 4.39 Å². The Bertz CT molecular complexity index is 638. The summed E-state index contributed by atoms with van der Waals surface area (Å²) in [7, 11) is 0. The van der Waals surface area contributed by atoms with Crippen molar-refractivity contribution in [2.75, 3.05) is 0 Å². The van der Waals surface area contributed by atoms with Crippen LogP contribution in [0.3, 0.4) is 0 Å². The largest absolute Gasteiger partial charge is 0.292 e. The molecule has 2 aromatic rings. The molecule has 1 aliphatic rings. The van der Waals surface area contributed by atoms with Crippen molar-refractivity contribution in [1.29, 1.82) is 0 Å². The zero-order valence-electron chi connectivity index (χ0n) is 11.2. The van der Waals surface area contributed by atoms with Gasteiger partial charge in [0, 0.05) is 12.6 Å². The van der Waals surface area contributed by atoms with Crippen LogP contribution in [0.5, 0.6) is 0 Å². The highest BCUT2D eigenvalue weighted by Gasteiger charge is 2.24. The van der Waals surface area contributed by atoms with Gasteiger partial charge < -0.3 is 0 Å². The zero-order valence-corrected chi connectivity index (χ0v) is 11.2. The van der Waals surface area contributed by atoms with Gasteiger partial charge in [-0.05, 0) is 48.4 Å². The second kappa shape index (κ2) is 5.53. The average molecular weight is 269 g/mol. The molecule has 0 saturated heterocycles. The lowest BCUT2D eigenvalue weighted by Gasteiger charge is -2.24. The van der Waals surface area contributed by atoms with Crippen molar-refractivity contribution in [3.05, 3.63) is 65.2 Å². The van der Waals surface area contributed by atoms with Crippen molar-refractivity contribution in [2.24, 2.45) is 0 Å². The summed E-state index contributed by atoms with van der Waals surface area (Å²) in [5.41, 5.74) is 2.53. The Balaban J connectivity index is 1.83. The molecule has 1 atom stereocenters. The first-order valence-corrected chi connectivity index (χ1v) is 6.97. The van der Waals surface area contributed by atoms with Crippen molar-refractivity contribution < 1.29 is 9.18 Å². The number of pyridine rings is 1. The van der Waals surface area contributed by atoms with Crippen molar-refractivity contribution in [3.63, 3.8) is 0 Å². The maximum absolute atomic E-state index is 13.6. The van der Waals surface area contributed by atoms with Crippen LogP contribution in [0, 0.1) is 5.82 Å². The molecule has 102 valence electrons. The Hall–Kier alpha value is -2.03. The fourth-order valence-electron chi connectivity index (χ4n) is 2.98. The van der Waals surface area contributed by atoms with Crippen molar-refractivity contribution >= 4 is 5.78 Å². The standard InChI is InChI=1S/C17H16FNO/c18-15-9-4-10-19-17(15)16(20)11-13-7-3-6-12-5-1-2-8-14(12)13/h1-2,4-5,8-10,13H,3,6-7,11H2. The number of ketones is 1. The third-order valence-corrected chi connectivity index (χ3v) is 3.95. The molecule has 1 heterocycles. The first kappa shape index (κ1) is 13.0. The summed E-state index contributed by atoms with van der Waals surface area (Å²) in [4.78, 5) is 16.1. The number of rotatable bonds is 3. The first-order chi connectivity index (χ1) is 9.75. The molecule has 0 aliphatic heterocycles. The fraction of sp³-hybridized carbons (Fsp3) is 0.294. The number of aryl methyl sites for hydroxylation is 1. The lowest BCUT2D eigenvalue weighted by atomic mass is 9.80. The Kier molecular flexibility index (Phi) is 3.59. The predicted molar refractivity (Wildman–Crippen MR) is 75.3 cm³/mol. The van der Waals surface area contributed by atoms with Gasteiger partial charge in [-0.1, -0.05) is 24.3 Å². The normalized spacial score (nSPS) is 17.6. The van der Waals surface area contributed by atoms with E-state index in [-0.39, 0.29) is 17.4 Å². The van der Waals surface area contributed by atoms with E-state index in [9.17, 15) is 9.18 Å². The second-order valence-electron chi connectivity index (χ2n) is 5.25. The van der Waals surface area contributed by atoms with Crippen LogP contribution in [0.4, 0.5) is 4.39 Å². The minimum absolute atomic E-state index is 0.0319. The van der Waals surface area contributed by atoms with Gasteiger partial charge in [0.2, 0.25) is 0 Å². The highest BCUT2D eigenvalue weighted by Crippen LogP contribution is 2.34. The Morgan fingerprint density at radius 3 is 2.95 bits per heavy atom. The molecule has 2 nitrogen and oxygen atoms in total. The topological polar surface area (TPSA) is 30.0 Å². The van der Waals surface area contributed by atoms with Gasteiger partial charge in [0.05, 0.1) is 0 Å². The maximum atomic E-state index is 13.6. The number of carbonyl (C=O) groups is 1. The van der Waals surface area contributed by atoms with Gasteiger partial charge in [0.1, 0.15) is 5.69 Å². The van der Waals surface area contributed by atoms with Crippen LogP contribution in [0.15, 0.2) is 42.6 Å². The van der Waals surface area contributed by atoms with Crippen LogP contribution < -0.4 is 0 Å². The summed E-state index contributed by atoms with van der Waals surface area (Å²) >= 11 is 0. The van der Waals surface area contributed by atoms with E-state index in [0.29, 0.717) is 6.42 Å². The van der Waals surface area contributed by atoms with E-state index in [1.54, 1.807) is 0 Å². The third kappa shape index (κ3) is 2.48. The number of hydrogen-bond donors (Lipinski definition) is 0. The molecular weight excluding hydrogens is 253 g/mol. The molecule has 3 rings (SSSR count). The Morgan fingerprint density at radius 1 is 1.25 bits per heavy atom. The number of carbonyl (C=O) groups excluding carboxylic acids is 1. The fourth-order valence-corrected chi connectivity index (χ4v) is 2.98. The zero-order chi connectivity index (χ0) is 13.9. The molecule has 1 aliphatic carbocycles. The Labute approximate surface area is 117 Å². The maximum Gasteiger partial charge on any atom is 0.184 e. The number of halogens is 1. The van der Waals surface area contributed by atoms with Gasteiger partial charge in [-0.15, -0.1) is 0 Å². The number of Topliss-reactive ketones (excluding diaryl/α,β-unsaturated/α-hetero) is 1. The molecule has 1 aromatic heterocycles. The van der Waals surface area contributed by atoms with Crippen LogP contribution >= 0.6 is 0 Å². The molecule has 0 fully saturated rings. The van der Waals surface area contributed by atoms with Gasteiger partial charge in [0.15, 0.2) is 11.6 Å². The number of hydrogen-bond acceptors (Lipinski definition) is 2. The molecule has 20 heavy (non-hydrogen) atoms. The SMILES string of the molecule is O=C(CC1CCCc2ccccc21)c1ncccc1F. The highest BCUT2D eigenvalue weighted by atomic mass is 19.1. The summed E-state index contributed by atoms with van der Waals surface area (Å²) in [6, 6.07) is 11.0. The first-order valence-electron chi connectivity index (χ1n) is 6.97. The van der Waals surface area contributed by atoms with Crippen LogP contribution in [-0.2, 0) is 6.42 Å². The number of fused-ring (bicyclic) bond motifs is 1. The quantitative estimate of drug-likeness (QED) is 0.791. The molecule has 0 amide bonds. The third-order valence-electron chi connectivity index (χ3n) is 3.95. The molecular formula is C17H16FNO. The molecule has 1 aromatic carbocycles. The molecule has 1 unspecified atom stereocenters. The lowest BCUT2D eigenvalue weighted by molar-refractivity contribution is 0.0962. The van der Waals surface area contributed by atoms with Crippen LogP contribution in [-0.4, -0.2) is 10.8 Å². The smallest absolute Gasteiger partial charge is 0.184 e. The van der Waals surface area contributed by atoms with Gasteiger partial charge in [-0.2, -0.15) is 0 Å². The van der Waals surface area contributed by atoms with E-state index < -0.39 is 5.82 Å². The van der Waals surface area contributed by atoms with E-state index in [2.05, 4.69) is 17.1 Å². The van der Waals surface area contributed by atoms with Crippen LogP contribution in [0.25, 0.3) is 0 Å². The van der Waals surface area contributed by atoms with Crippen molar-refractivity contribution in [2.45, 2.75) is 31.6 Å². The number of benzene rings is 1. The molecule has 0 N–H and O–H groups in total. The van der Waals surface area contributed by atoms with Gasteiger partial charge in [-0.3, -0.25) is 9.78 Å². The monoisotopic (exact) mass is 269 g/mol. The number of aromatic nitrogens is 1. The van der Waals surface area contributed by atoms with E-state index in [4.69, 9.17) is 0 Å². The molecule has 0 saturated carbocycles. The van der Waals surface area contributed by atoms with E-state index in [1.807, 2.05) is 12.1 Å². The molecule has 0 spiro atoms. The van der Waals surface area contributed by atoms with E-state index in [1.165, 1.54) is 29.5 Å². The van der Waals surface area contributed by atoms with Crippen LogP contribution in [0.2, 0.25) is 0 Å². The minimum Gasteiger partial charge on any atom is -0.292 e.